The fourth-order valence-corrected chi connectivity index (χ4v) is 2.08. The molecule has 1 aliphatic heterocycles. The monoisotopic (exact) mass is 263 g/mol. The first-order valence-electron chi connectivity index (χ1n) is 6.67. The van der Waals surface area contributed by atoms with E-state index in [4.69, 9.17) is 10.5 Å². The summed E-state index contributed by atoms with van der Waals surface area (Å²) in [6.07, 6.45) is 0.863. The zero-order chi connectivity index (χ0) is 13.5. The highest BCUT2D eigenvalue weighted by atomic mass is 16.5. The number of nitrogens with zero attached hydrogens (tertiary/aromatic N) is 1. The molecule has 1 aliphatic rings. The largest absolute Gasteiger partial charge is 0.379 e. The van der Waals surface area contributed by atoms with Crippen LogP contribution < -0.4 is 11.1 Å². The lowest BCUT2D eigenvalue weighted by molar-refractivity contribution is -0.118. The average Bonchev–Trinajstić information content (AvgIpc) is 2.42. The Morgan fingerprint density at radius 3 is 2.58 bits per heavy atom. The molecule has 0 saturated carbocycles. The molecule has 1 amide bonds. The maximum atomic E-state index is 11.9. The van der Waals surface area contributed by atoms with E-state index in [0.717, 1.165) is 25.2 Å². The third kappa shape index (κ3) is 4.63. The molecule has 0 radical (unpaired) electrons. The van der Waals surface area contributed by atoms with Gasteiger partial charge in [0, 0.05) is 18.8 Å². The van der Waals surface area contributed by atoms with Crippen molar-refractivity contribution >= 4 is 11.6 Å². The number of hydrogen-bond acceptors (Lipinski definition) is 4. The van der Waals surface area contributed by atoms with Crippen LogP contribution in [-0.2, 0) is 16.0 Å². The molecule has 3 N–H and O–H groups in total. The molecule has 0 aromatic heterocycles. The summed E-state index contributed by atoms with van der Waals surface area (Å²) in [5.74, 6) is 0.0217. The van der Waals surface area contributed by atoms with Gasteiger partial charge in [0.15, 0.2) is 0 Å². The summed E-state index contributed by atoms with van der Waals surface area (Å²) in [5.41, 5.74) is 7.52. The highest BCUT2D eigenvalue weighted by molar-refractivity contribution is 5.92. The Bertz CT molecular complexity index is 400. The third-order valence-electron chi connectivity index (χ3n) is 3.14. The van der Waals surface area contributed by atoms with Gasteiger partial charge in [-0.05, 0) is 30.7 Å². The van der Waals surface area contributed by atoms with Crippen LogP contribution in [0.5, 0.6) is 0 Å². The highest BCUT2D eigenvalue weighted by Gasteiger charge is 2.13. The lowest BCUT2D eigenvalue weighted by Crippen LogP contribution is -2.41. The van der Waals surface area contributed by atoms with Gasteiger partial charge in [-0.3, -0.25) is 9.69 Å². The number of nitrogens with one attached hydrogen (secondary N) is 1. The Morgan fingerprint density at radius 1 is 1.26 bits per heavy atom. The van der Waals surface area contributed by atoms with Crippen LogP contribution in [-0.4, -0.2) is 50.2 Å². The molecule has 1 aromatic carbocycles. The molecule has 1 heterocycles. The van der Waals surface area contributed by atoms with Crippen molar-refractivity contribution in [2.24, 2.45) is 5.73 Å². The number of anilines is 1. The van der Waals surface area contributed by atoms with Crippen molar-refractivity contribution in [2.75, 3.05) is 44.7 Å². The lowest BCUT2D eigenvalue weighted by atomic mass is 10.1. The molecule has 5 heteroatoms. The highest BCUT2D eigenvalue weighted by Crippen LogP contribution is 2.10. The molecule has 19 heavy (non-hydrogen) atoms. The summed E-state index contributed by atoms with van der Waals surface area (Å²) in [7, 11) is 0. The number of rotatable bonds is 5. The molecule has 2 rings (SSSR count). The van der Waals surface area contributed by atoms with Crippen molar-refractivity contribution in [3.8, 4) is 0 Å². The SMILES string of the molecule is NCCc1ccc(NC(=O)CN2CCOCC2)cc1. The second-order valence-corrected chi connectivity index (χ2v) is 4.67. The molecule has 104 valence electrons. The predicted octanol–water partition coefficient (Wildman–Crippen LogP) is 0.458. The number of ether oxygens (including phenoxy) is 1. The molecule has 0 unspecified atom stereocenters. The third-order valence-corrected chi connectivity index (χ3v) is 3.14. The molecule has 0 aliphatic carbocycles. The number of hydrogen-bond donors (Lipinski definition) is 2. The van der Waals surface area contributed by atoms with Gasteiger partial charge in [0.25, 0.3) is 0 Å². The summed E-state index contributed by atoms with van der Waals surface area (Å²) in [6.45, 7) is 4.13. The number of nitrogens with two attached hydrogens (primary N) is 1. The first-order valence-corrected chi connectivity index (χ1v) is 6.67. The van der Waals surface area contributed by atoms with E-state index in [0.29, 0.717) is 26.3 Å². The topological polar surface area (TPSA) is 67.6 Å². The molecule has 1 fully saturated rings. The molecule has 0 spiro atoms. The molecule has 1 aromatic rings. The summed E-state index contributed by atoms with van der Waals surface area (Å²) in [6, 6.07) is 7.83. The Kier molecular flexibility index (Phi) is 5.32. The van der Waals surface area contributed by atoms with Crippen LogP contribution >= 0.6 is 0 Å². The molecule has 0 atom stereocenters. The minimum atomic E-state index is 0.0217. The van der Waals surface area contributed by atoms with Crippen LogP contribution in [0.1, 0.15) is 5.56 Å². The summed E-state index contributed by atoms with van der Waals surface area (Å²) >= 11 is 0. The van der Waals surface area contributed by atoms with Crippen molar-refractivity contribution in [2.45, 2.75) is 6.42 Å². The van der Waals surface area contributed by atoms with Gasteiger partial charge in [-0.1, -0.05) is 12.1 Å². The minimum Gasteiger partial charge on any atom is -0.379 e. The van der Waals surface area contributed by atoms with Gasteiger partial charge in [-0.2, -0.15) is 0 Å². The number of morpholine rings is 1. The van der Waals surface area contributed by atoms with Crippen LogP contribution in [0.25, 0.3) is 0 Å². The Morgan fingerprint density at radius 2 is 1.95 bits per heavy atom. The standard InChI is InChI=1S/C14H21N3O2/c15-6-5-12-1-3-13(4-2-12)16-14(18)11-17-7-9-19-10-8-17/h1-4H,5-11,15H2,(H,16,18). The maximum absolute atomic E-state index is 11.9. The smallest absolute Gasteiger partial charge is 0.238 e. The predicted molar refractivity (Wildman–Crippen MR) is 75.1 cm³/mol. The minimum absolute atomic E-state index is 0.0217. The van der Waals surface area contributed by atoms with Gasteiger partial charge >= 0.3 is 0 Å². The van der Waals surface area contributed by atoms with E-state index in [1.807, 2.05) is 24.3 Å². The average molecular weight is 263 g/mol. The van der Waals surface area contributed by atoms with Crippen LogP contribution in [0.3, 0.4) is 0 Å². The number of benzene rings is 1. The number of amides is 1. The Hall–Kier alpha value is -1.43. The van der Waals surface area contributed by atoms with E-state index in [1.165, 1.54) is 5.56 Å². The second kappa shape index (κ2) is 7.23. The van der Waals surface area contributed by atoms with Gasteiger partial charge in [0.1, 0.15) is 0 Å². The number of carbonyl (C=O) groups excluding carboxylic acids is 1. The van der Waals surface area contributed by atoms with Crippen LogP contribution in [0.2, 0.25) is 0 Å². The Labute approximate surface area is 113 Å². The molecule has 0 bridgehead atoms. The van der Waals surface area contributed by atoms with Gasteiger partial charge in [0.05, 0.1) is 19.8 Å². The van der Waals surface area contributed by atoms with Crippen molar-refractivity contribution in [3.63, 3.8) is 0 Å². The summed E-state index contributed by atoms with van der Waals surface area (Å²) in [4.78, 5) is 14.0. The van der Waals surface area contributed by atoms with Gasteiger partial charge in [-0.25, -0.2) is 0 Å². The van der Waals surface area contributed by atoms with Crippen molar-refractivity contribution in [3.05, 3.63) is 29.8 Å². The zero-order valence-corrected chi connectivity index (χ0v) is 11.1. The molecule has 5 nitrogen and oxygen atoms in total. The number of carbonyl (C=O) groups is 1. The molecule has 1 saturated heterocycles. The van der Waals surface area contributed by atoms with Crippen LogP contribution in [0.15, 0.2) is 24.3 Å². The lowest BCUT2D eigenvalue weighted by Gasteiger charge is -2.25. The van der Waals surface area contributed by atoms with E-state index < -0.39 is 0 Å². The van der Waals surface area contributed by atoms with Crippen LogP contribution in [0.4, 0.5) is 5.69 Å². The van der Waals surface area contributed by atoms with E-state index in [2.05, 4.69) is 10.2 Å². The first-order chi connectivity index (χ1) is 9.28. The van der Waals surface area contributed by atoms with Crippen molar-refractivity contribution in [1.82, 2.24) is 4.90 Å². The molecular weight excluding hydrogens is 242 g/mol. The second-order valence-electron chi connectivity index (χ2n) is 4.67. The quantitative estimate of drug-likeness (QED) is 0.810. The van der Waals surface area contributed by atoms with E-state index in [1.54, 1.807) is 0 Å². The van der Waals surface area contributed by atoms with Gasteiger partial charge < -0.3 is 15.8 Å². The molecular formula is C14H21N3O2. The zero-order valence-electron chi connectivity index (χ0n) is 11.1. The van der Waals surface area contributed by atoms with Gasteiger partial charge in [0.2, 0.25) is 5.91 Å². The van der Waals surface area contributed by atoms with Crippen molar-refractivity contribution in [1.29, 1.82) is 0 Å². The Balaban J connectivity index is 1.80. The fourth-order valence-electron chi connectivity index (χ4n) is 2.08. The first kappa shape index (κ1) is 14.0. The van der Waals surface area contributed by atoms with E-state index in [-0.39, 0.29) is 5.91 Å². The maximum Gasteiger partial charge on any atom is 0.238 e. The summed E-state index contributed by atoms with van der Waals surface area (Å²) < 4.78 is 5.25. The van der Waals surface area contributed by atoms with E-state index >= 15 is 0 Å². The van der Waals surface area contributed by atoms with E-state index in [9.17, 15) is 4.79 Å². The van der Waals surface area contributed by atoms with Gasteiger partial charge in [-0.15, -0.1) is 0 Å². The van der Waals surface area contributed by atoms with Crippen molar-refractivity contribution < 1.29 is 9.53 Å². The van der Waals surface area contributed by atoms with Crippen LogP contribution in [0, 0.1) is 0 Å². The summed E-state index contributed by atoms with van der Waals surface area (Å²) in [5, 5.41) is 2.91. The fraction of sp³-hybridized carbons (Fsp3) is 0.500. The normalized spacial score (nSPS) is 16.3.